The molecule has 3 nitrogen and oxygen atoms in total. The summed E-state index contributed by atoms with van der Waals surface area (Å²) in [5.41, 5.74) is 0. The first-order chi connectivity index (χ1) is 2.41. The van der Waals surface area contributed by atoms with Crippen molar-refractivity contribution in [2.24, 2.45) is 0 Å². The fraction of sp³-hybridized carbons (Fsp3) is 0. The SMILES string of the molecule is O=COP=O.[H-].[H-].[H-].[Na+].[Na+].[Na+]. The first-order valence-electron chi connectivity index (χ1n) is 0.837. The van der Waals surface area contributed by atoms with Crippen LogP contribution in [-0.4, -0.2) is 6.47 Å². The van der Waals surface area contributed by atoms with Crippen LogP contribution in [0.5, 0.6) is 0 Å². The summed E-state index contributed by atoms with van der Waals surface area (Å²) in [6.07, 6.45) is 0. The molecule has 0 bridgehead atoms. The Balaban J connectivity index is -0.00000000533. The zero-order valence-electron chi connectivity index (χ0n) is 8.25. The number of hydrogen-bond donors (Lipinski definition) is 0. The molecule has 8 heavy (non-hydrogen) atoms. The second-order valence-electron chi connectivity index (χ2n) is 0.276. The standard InChI is InChI=1S/CHO3P.3Na.3H/c2-1-4-5-3;;;;;;/h1H;;;;;;/q;3*+1;3*-1. The van der Waals surface area contributed by atoms with Gasteiger partial charge >= 0.3 is 104 Å². The summed E-state index contributed by atoms with van der Waals surface area (Å²) in [6.45, 7) is 0.106. The predicted octanol–water partition coefficient (Wildman–Crippen LogP) is -8.28. The van der Waals surface area contributed by atoms with Gasteiger partial charge in [0, 0.05) is 0 Å². The van der Waals surface area contributed by atoms with Crippen LogP contribution >= 0.6 is 8.69 Å². The summed E-state index contributed by atoms with van der Waals surface area (Å²) >= 11 is 0. The second kappa shape index (κ2) is 22.7. The number of carbonyl (C=O) groups is 1. The van der Waals surface area contributed by atoms with Crippen molar-refractivity contribution in [3.63, 3.8) is 0 Å². The first-order valence-corrected chi connectivity index (χ1v) is 1.57. The van der Waals surface area contributed by atoms with Crippen LogP contribution in [0.15, 0.2) is 0 Å². The van der Waals surface area contributed by atoms with E-state index < -0.39 is 8.69 Å². The van der Waals surface area contributed by atoms with Crippen molar-refractivity contribution < 1.29 is 107 Å². The predicted molar refractivity (Wildman–Crippen MR) is 18.1 cm³/mol. The number of carbonyl (C=O) groups excluding carboxylic acids is 1. The Morgan fingerprint density at radius 3 is 1.75 bits per heavy atom. The molecule has 0 saturated carbocycles. The van der Waals surface area contributed by atoms with Crippen LogP contribution < -0.4 is 88.7 Å². The minimum Gasteiger partial charge on any atom is -1.00 e. The zero-order chi connectivity index (χ0) is 4.12. The zero-order valence-corrected chi connectivity index (χ0v) is 12.1. The molecule has 0 unspecified atom stereocenters. The Kier molecular flexibility index (Phi) is 63.5. The van der Waals surface area contributed by atoms with Crippen LogP contribution in [0.25, 0.3) is 0 Å². The van der Waals surface area contributed by atoms with Crippen LogP contribution in [0.3, 0.4) is 0 Å². The fourth-order valence-electron chi connectivity index (χ4n) is 0.0176. The maximum atomic E-state index is 9.05. The van der Waals surface area contributed by atoms with Crippen molar-refractivity contribution in [2.45, 2.75) is 0 Å². The van der Waals surface area contributed by atoms with Gasteiger partial charge in [-0.15, -0.1) is 0 Å². The summed E-state index contributed by atoms with van der Waals surface area (Å²) in [7, 11) is -0.588. The molecule has 0 aromatic rings. The van der Waals surface area contributed by atoms with Crippen LogP contribution in [0, 0.1) is 0 Å². The quantitative estimate of drug-likeness (QED) is 0.231. The minimum atomic E-state index is -0.588. The fourth-order valence-corrected chi connectivity index (χ4v) is 0.0527. The van der Waals surface area contributed by atoms with Crippen molar-refractivity contribution in [3.8, 4) is 0 Å². The summed E-state index contributed by atoms with van der Waals surface area (Å²) < 4.78 is 12.6. The molecule has 7 heteroatoms. The van der Waals surface area contributed by atoms with E-state index >= 15 is 0 Å². The van der Waals surface area contributed by atoms with E-state index in [1.807, 2.05) is 0 Å². The van der Waals surface area contributed by atoms with Gasteiger partial charge in [0.05, 0.1) is 0 Å². The van der Waals surface area contributed by atoms with Gasteiger partial charge in [0.25, 0.3) is 0 Å². The third-order valence-electron chi connectivity index (χ3n) is 0.0861. The van der Waals surface area contributed by atoms with Gasteiger partial charge in [0.1, 0.15) is 0 Å². The molecule has 0 aromatic heterocycles. The van der Waals surface area contributed by atoms with E-state index in [2.05, 4.69) is 4.52 Å². The number of rotatable bonds is 2. The average Bonchev–Trinajstić information content (AvgIpc) is 1.41. The van der Waals surface area contributed by atoms with Crippen LogP contribution in [0.2, 0.25) is 0 Å². The summed E-state index contributed by atoms with van der Waals surface area (Å²) in [4.78, 5) is 8.98. The maximum absolute atomic E-state index is 9.05. The Hall–Kier alpha value is 2.57. The summed E-state index contributed by atoms with van der Waals surface area (Å²) in [6, 6.07) is 0. The molecule has 0 aromatic carbocycles. The molecule has 0 aliphatic rings. The van der Waals surface area contributed by atoms with Gasteiger partial charge < -0.3 is 8.80 Å². The molecule has 0 radical (unpaired) electrons. The van der Waals surface area contributed by atoms with Crippen molar-refractivity contribution in [1.82, 2.24) is 0 Å². The van der Waals surface area contributed by atoms with Gasteiger partial charge in [-0.2, -0.15) is 0 Å². The van der Waals surface area contributed by atoms with E-state index in [1.165, 1.54) is 0 Å². The van der Waals surface area contributed by atoms with E-state index in [4.69, 9.17) is 9.36 Å². The van der Waals surface area contributed by atoms with Crippen molar-refractivity contribution >= 4 is 15.2 Å². The van der Waals surface area contributed by atoms with Gasteiger partial charge in [0.2, 0.25) is 0 Å². The van der Waals surface area contributed by atoms with Crippen molar-refractivity contribution in [3.05, 3.63) is 0 Å². The van der Waals surface area contributed by atoms with Crippen LogP contribution in [0.1, 0.15) is 4.28 Å². The Morgan fingerprint density at radius 1 is 1.38 bits per heavy atom. The van der Waals surface area contributed by atoms with Gasteiger partial charge in [-0.25, -0.2) is 4.57 Å². The molecule has 0 fully saturated rings. The average molecular weight is 164 g/mol. The Morgan fingerprint density at radius 2 is 1.75 bits per heavy atom. The molecule has 0 aliphatic carbocycles. The van der Waals surface area contributed by atoms with Crippen molar-refractivity contribution in [2.75, 3.05) is 0 Å². The molecule has 0 aliphatic heterocycles. The van der Waals surface area contributed by atoms with E-state index in [9.17, 15) is 0 Å². The van der Waals surface area contributed by atoms with Gasteiger partial charge in [-0.05, 0) is 0 Å². The molecule has 0 heterocycles. The molecular weight excluding hydrogens is 160 g/mol. The summed E-state index contributed by atoms with van der Waals surface area (Å²) in [5.74, 6) is 0. The van der Waals surface area contributed by atoms with E-state index in [0.29, 0.717) is 0 Å². The summed E-state index contributed by atoms with van der Waals surface area (Å²) in [5, 5.41) is 0. The molecule has 0 rings (SSSR count). The van der Waals surface area contributed by atoms with Gasteiger partial charge in [-0.3, -0.25) is 4.79 Å². The first kappa shape index (κ1) is 22.4. The third kappa shape index (κ3) is 23.5. The monoisotopic (exact) mass is 164 g/mol. The molecule has 34 valence electrons. The number of hydrogen-bond acceptors (Lipinski definition) is 3. The van der Waals surface area contributed by atoms with E-state index in [0.717, 1.165) is 0 Å². The minimum absolute atomic E-state index is 0. The van der Waals surface area contributed by atoms with Gasteiger partial charge in [-0.1, -0.05) is 0 Å². The van der Waals surface area contributed by atoms with Crippen LogP contribution in [-0.2, 0) is 13.9 Å². The van der Waals surface area contributed by atoms with Crippen LogP contribution in [0.4, 0.5) is 0 Å². The smallest absolute Gasteiger partial charge is 1.00 e. The molecule has 0 amide bonds. The third-order valence-corrected chi connectivity index (χ3v) is 0.258. The van der Waals surface area contributed by atoms with Crippen molar-refractivity contribution in [1.29, 1.82) is 0 Å². The molecule has 0 atom stereocenters. The molecule has 0 saturated heterocycles. The topological polar surface area (TPSA) is 43.4 Å². The second-order valence-corrected chi connectivity index (χ2v) is 0.636. The maximum Gasteiger partial charge on any atom is 1.00 e. The molecular formula is CH4Na3O3P. The molecule has 0 spiro atoms. The van der Waals surface area contributed by atoms with E-state index in [-0.39, 0.29) is 99.4 Å². The molecule has 0 N–H and O–H groups in total. The largest absolute Gasteiger partial charge is 1.00 e. The van der Waals surface area contributed by atoms with Gasteiger partial charge in [0.15, 0.2) is 0 Å². The van der Waals surface area contributed by atoms with E-state index in [1.54, 1.807) is 0 Å². The Bertz CT molecular complexity index is 53.1. The normalized spacial score (nSPS) is 4.50. The Labute approximate surface area is 120 Å².